The van der Waals surface area contributed by atoms with Gasteiger partial charge in [0.05, 0.1) is 0 Å². The molecular weight excluding hydrogens is 218 g/mol. The largest absolute Gasteiger partial charge is 0.316 e. The third kappa shape index (κ3) is 1.94. The first kappa shape index (κ1) is 13.0. The van der Waals surface area contributed by atoms with Crippen molar-refractivity contribution < 1.29 is 0 Å². The topological polar surface area (TPSA) is 12.0 Å². The summed E-state index contributed by atoms with van der Waals surface area (Å²) in [6, 6.07) is 0. The Kier molecular flexibility index (Phi) is 3.47. The monoisotopic (exact) mass is 249 g/mol. The molecule has 1 heterocycles. The van der Waals surface area contributed by atoms with Gasteiger partial charge in [-0.3, -0.25) is 0 Å². The van der Waals surface area contributed by atoms with Crippen molar-refractivity contribution in [1.29, 1.82) is 0 Å². The van der Waals surface area contributed by atoms with E-state index in [1.165, 1.54) is 70.9 Å². The molecule has 1 N–H and O–H groups in total. The average molecular weight is 249 g/mol. The maximum Gasteiger partial charge on any atom is -0.00123 e. The predicted molar refractivity (Wildman–Crippen MR) is 77.6 cm³/mol. The molecule has 0 aromatic heterocycles. The van der Waals surface area contributed by atoms with Gasteiger partial charge in [-0.05, 0) is 55.0 Å². The van der Waals surface area contributed by atoms with E-state index in [0.717, 1.165) is 11.8 Å². The molecule has 2 saturated carbocycles. The van der Waals surface area contributed by atoms with E-state index in [-0.39, 0.29) is 0 Å². The Bertz CT molecular complexity index is 284. The molecule has 1 aliphatic heterocycles. The minimum absolute atomic E-state index is 0.584. The van der Waals surface area contributed by atoms with Crippen LogP contribution in [0.4, 0.5) is 0 Å². The minimum Gasteiger partial charge on any atom is -0.316 e. The summed E-state index contributed by atoms with van der Waals surface area (Å²) in [5.74, 6) is 2.01. The van der Waals surface area contributed by atoms with E-state index in [0.29, 0.717) is 10.8 Å². The van der Waals surface area contributed by atoms with Crippen molar-refractivity contribution in [2.75, 3.05) is 13.1 Å². The van der Waals surface area contributed by atoms with Crippen molar-refractivity contribution in [3.63, 3.8) is 0 Å². The van der Waals surface area contributed by atoms with Crippen molar-refractivity contribution in [3.05, 3.63) is 0 Å². The van der Waals surface area contributed by atoms with Gasteiger partial charge in [0.15, 0.2) is 0 Å². The van der Waals surface area contributed by atoms with Gasteiger partial charge >= 0.3 is 0 Å². The number of hydrogen-bond donors (Lipinski definition) is 1. The van der Waals surface area contributed by atoms with E-state index in [1.807, 2.05) is 0 Å². The summed E-state index contributed by atoms with van der Waals surface area (Å²) < 4.78 is 0. The Morgan fingerprint density at radius 2 is 1.61 bits per heavy atom. The van der Waals surface area contributed by atoms with Gasteiger partial charge in [0.1, 0.15) is 0 Å². The first-order chi connectivity index (χ1) is 8.66. The standard InChI is InChI=1S/C17H31N/c1-16(2)9-5-6-10-17(16)11-12-18-13-15(17)14-7-3-4-8-14/h14-15,18H,3-13H2,1-2H3. The summed E-state index contributed by atoms with van der Waals surface area (Å²) in [6.07, 6.45) is 13.4. The average Bonchev–Trinajstić information content (AvgIpc) is 2.87. The molecule has 0 aromatic rings. The molecule has 0 radical (unpaired) electrons. The van der Waals surface area contributed by atoms with E-state index in [1.54, 1.807) is 0 Å². The van der Waals surface area contributed by atoms with Gasteiger partial charge in [0, 0.05) is 0 Å². The molecular formula is C17H31N. The molecule has 1 heteroatoms. The lowest BCUT2D eigenvalue weighted by atomic mass is 9.48. The fourth-order valence-electron chi connectivity index (χ4n) is 5.67. The van der Waals surface area contributed by atoms with Crippen LogP contribution < -0.4 is 5.32 Å². The molecule has 3 fully saturated rings. The highest BCUT2D eigenvalue weighted by molar-refractivity contribution is 5.04. The van der Waals surface area contributed by atoms with Crippen molar-refractivity contribution in [2.45, 2.75) is 71.6 Å². The fourth-order valence-corrected chi connectivity index (χ4v) is 5.67. The second kappa shape index (κ2) is 4.81. The van der Waals surface area contributed by atoms with E-state index >= 15 is 0 Å². The Morgan fingerprint density at radius 3 is 2.33 bits per heavy atom. The van der Waals surface area contributed by atoms with E-state index < -0.39 is 0 Å². The van der Waals surface area contributed by atoms with Crippen LogP contribution in [0.25, 0.3) is 0 Å². The van der Waals surface area contributed by atoms with E-state index in [2.05, 4.69) is 19.2 Å². The first-order valence-electron chi connectivity index (χ1n) is 8.36. The van der Waals surface area contributed by atoms with E-state index in [4.69, 9.17) is 0 Å². The molecule has 104 valence electrons. The normalized spacial score (nSPS) is 41.3. The molecule has 1 spiro atoms. The zero-order valence-electron chi connectivity index (χ0n) is 12.4. The molecule has 1 saturated heterocycles. The van der Waals surface area contributed by atoms with Crippen LogP contribution in [0.5, 0.6) is 0 Å². The van der Waals surface area contributed by atoms with Crippen LogP contribution in [-0.2, 0) is 0 Å². The van der Waals surface area contributed by atoms with Crippen molar-refractivity contribution in [1.82, 2.24) is 5.32 Å². The van der Waals surface area contributed by atoms with Gasteiger partial charge < -0.3 is 5.32 Å². The molecule has 2 unspecified atom stereocenters. The van der Waals surface area contributed by atoms with Crippen LogP contribution in [0, 0.1) is 22.7 Å². The summed E-state index contributed by atoms with van der Waals surface area (Å²) in [6.45, 7) is 7.75. The highest BCUT2D eigenvalue weighted by atomic mass is 14.9. The smallest absolute Gasteiger partial charge is 0.00123 e. The Balaban J connectivity index is 1.89. The van der Waals surface area contributed by atoms with Crippen molar-refractivity contribution in [2.24, 2.45) is 22.7 Å². The van der Waals surface area contributed by atoms with Gasteiger partial charge in [-0.1, -0.05) is 52.4 Å². The van der Waals surface area contributed by atoms with Crippen molar-refractivity contribution >= 4 is 0 Å². The lowest BCUT2D eigenvalue weighted by Crippen LogP contribution is -2.56. The second-order valence-electron chi connectivity index (χ2n) is 7.85. The SMILES string of the molecule is CC1(C)CCCCC12CCNCC2C1CCCC1. The minimum atomic E-state index is 0.584. The first-order valence-corrected chi connectivity index (χ1v) is 8.36. The van der Waals surface area contributed by atoms with Crippen LogP contribution >= 0.6 is 0 Å². The zero-order valence-corrected chi connectivity index (χ0v) is 12.4. The number of piperidine rings is 1. The third-order valence-corrected chi connectivity index (χ3v) is 6.81. The van der Waals surface area contributed by atoms with Crippen LogP contribution in [-0.4, -0.2) is 13.1 Å². The highest BCUT2D eigenvalue weighted by Crippen LogP contribution is 2.60. The summed E-state index contributed by atoms with van der Waals surface area (Å²) >= 11 is 0. The third-order valence-electron chi connectivity index (χ3n) is 6.81. The summed E-state index contributed by atoms with van der Waals surface area (Å²) in [7, 11) is 0. The van der Waals surface area contributed by atoms with Crippen LogP contribution in [0.2, 0.25) is 0 Å². The number of nitrogens with one attached hydrogen (secondary N) is 1. The maximum atomic E-state index is 3.72. The predicted octanol–water partition coefficient (Wildman–Crippen LogP) is 4.37. The molecule has 0 aromatic carbocycles. The Hall–Kier alpha value is -0.0400. The Morgan fingerprint density at radius 1 is 0.889 bits per heavy atom. The fraction of sp³-hybridized carbons (Fsp3) is 1.00. The number of rotatable bonds is 1. The quantitative estimate of drug-likeness (QED) is 0.727. The van der Waals surface area contributed by atoms with Crippen LogP contribution in [0.15, 0.2) is 0 Å². The molecule has 2 atom stereocenters. The van der Waals surface area contributed by atoms with Crippen LogP contribution in [0.1, 0.15) is 71.6 Å². The van der Waals surface area contributed by atoms with Crippen molar-refractivity contribution in [3.8, 4) is 0 Å². The lowest BCUT2D eigenvalue weighted by Gasteiger charge is -2.59. The summed E-state index contributed by atoms with van der Waals surface area (Å²) in [4.78, 5) is 0. The molecule has 0 amide bonds. The van der Waals surface area contributed by atoms with Gasteiger partial charge in [-0.15, -0.1) is 0 Å². The molecule has 1 nitrogen and oxygen atoms in total. The summed E-state index contributed by atoms with van der Waals surface area (Å²) in [5, 5.41) is 3.72. The zero-order chi connectivity index (χ0) is 12.6. The van der Waals surface area contributed by atoms with Crippen LogP contribution in [0.3, 0.4) is 0 Å². The van der Waals surface area contributed by atoms with Gasteiger partial charge in [-0.25, -0.2) is 0 Å². The lowest BCUT2D eigenvalue weighted by molar-refractivity contribution is -0.0816. The van der Waals surface area contributed by atoms with Gasteiger partial charge in [0.25, 0.3) is 0 Å². The number of hydrogen-bond acceptors (Lipinski definition) is 1. The molecule has 0 bridgehead atoms. The van der Waals surface area contributed by atoms with Gasteiger partial charge in [0.2, 0.25) is 0 Å². The Labute approximate surface area is 113 Å². The van der Waals surface area contributed by atoms with Gasteiger partial charge in [-0.2, -0.15) is 0 Å². The maximum absolute atomic E-state index is 3.72. The summed E-state index contributed by atoms with van der Waals surface area (Å²) in [5.41, 5.74) is 1.26. The molecule has 18 heavy (non-hydrogen) atoms. The molecule has 3 rings (SSSR count). The molecule has 3 aliphatic rings. The molecule has 2 aliphatic carbocycles. The second-order valence-corrected chi connectivity index (χ2v) is 7.85. The highest BCUT2D eigenvalue weighted by Gasteiger charge is 2.53. The van der Waals surface area contributed by atoms with E-state index in [9.17, 15) is 0 Å².